The molecule has 1 aliphatic rings. The molecule has 0 aliphatic heterocycles. The number of aliphatic hydroxyl groups is 2. The summed E-state index contributed by atoms with van der Waals surface area (Å²) in [6, 6.07) is 7.27. The Morgan fingerprint density at radius 3 is 2.85 bits per heavy atom. The molecule has 0 unspecified atom stereocenters. The molecule has 5 nitrogen and oxygen atoms in total. The maximum absolute atomic E-state index is 10.5. The number of aliphatic carboxylic acids is 1. The van der Waals surface area contributed by atoms with Gasteiger partial charge >= 0.3 is 5.97 Å². The smallest absolute Gasteiger partial charge is 0.303 e. The number of alkyl halides is 1. The van der Waals surface area contributed by atoms with Crippen LogP contribution in [0.1, 0.15) is 37.7 Å². The van der Waals surface area contributed by atoms with E-state index in [2.05, 4.69) is 0 Å². The maximum Gasteiger partial charge on any atom is 0.303 e. The van der Waals surface area contributed by atoms with Gasteiger partial charge in [0.2, 0.25) is 0 Å². The summed E-state index contributed by atoms with van der Waals surface area (Å²) in [7, 11) is 0. The fourth-order valence-electron chi connectivity index (χ4n) is 3.36. The lowest BCUT2D eigenvalue weighted by atomic mass is 9.92. The Morgan fingerprint density at radius 1 is 1.31 bits per heavy atom. The van der Waals surface area contributed by atoms with Gasteiger partial charge in [0.15, 0.2) is 0 Å². The first-order valence-corrected chi connectivity index (χ1v) is 9.46. The second kappa shape index (κ2) is 10.6. The number of rotatable bonds is 10. The quantitative estimate of drug-likeness (QED) is 0.328. The minimum atomic E-state index is -0.777. The molecule has 3 N–H and O–H groups in total. The average molecular weight is 383 g/mol. The third-order valence-corrected chi connectivity index (χ3v) is 5.34. The van der Waals surface area contributed by atoms with E-state index in [9.17, 15) is 15.0 Å². The highest BCUT2D eigenvalue weighted by atomic mass is 35.5. The highest BCUT2D eigenvalue weighted by Crippen LogP contribution is 2.39. The molecule has 0 amide bonds. The lowest BCUT2D eigenvalue weighted by Crippen LogP contribution is -2.27. The van der Waals surface area contributed by atoms with Crippen LogP contribution in [0.25, 0.3) is 0 Å². The van der Waals surface area contributed by atoms with Crippen molar-refractivity contribution < 1.29 is 24.9 Å². The predicted octanol–water partition coefficient (Wildman–Crippen LogP) is 3.36. The normalized spacial score (nSPS) is 25.7. The van der Waals surface area contributed by atoms with Gasteiger partial charge in [0.1, 0.15) is 5.75 Å². The Balaban J connectivity index is 1.86. The highest BCUT2D eigenvalue weighted by molar-refractivity contribution is 6.21. The molecule has 1 fully saturated rings. The van der Waals surface area contributed by atoms with Crippen LogP contribution in [0.3, 0.4) is 0 Å². The summed E-state index contributed by atoms with van der Waals surface area (Å²) >= 11 is 6.42. The van der Waals surface area contributed by atoms with E-state index in [-0.39, 0.29) is 30.2 Å². The highest BCUT2D eigenvalue weighted by Gasteiger charge is 2.41. The number of unbranched alkanes of at least 4 members (excludes halogenated alkanes) is 1. The number of allylic oxidation sites excluding steroid dienone is 2. The van der Waals surface area contributed by atoms with Crippen molar-refractivity contribution in [2.24, 2.45) is 11.8 Å². The van der Waals surface area contributed by atoms with Crippen molar-refractivity contribution in [2.45, 2.75) is 50.2 Å². The number of carboxylic acid groups (broad SMARTS) is 1. The van der Waals surface area contributed by atoms with E-state index in [4.69, 9.17) is 21.4 Å². The SMILES string of the molecule is O=C(O)CCC/C=C\C[C@@H]1[C@@H](COc2cccc(CO)c2)[C@H](O)C[C@@H]1Cl. The van der Waals surface area contributed by atoms with E-state index in [1.54, 1.807) is 6.07 Å². The van der Waals surface area contributed by atoms with E-state index in [1.165, 1.54) is 0 Å². The lowest BCUT2D eigenvalue weighted by molar-refractivity contribution is -0.137. The van der Waals surface area contributed by atoms with Gasteiger partial charge < -0.3 is 20.1 Å². The topological polar surface area (TPSA) is 87.0 Å². The lowest BCUT2D eigenvalue weighted by Gasteiger charge is -2.22. The van der Waals surface area contributed by atoms with Gasteiger partial charge in [-0.3, -0.25) is 4.79 Å². The third kappa shape index (κ3) is 6.31. The fraction of sp³-hybridized carbons (Fsp3) is 0.550. The van der Waals surface area contributed by atoms with Crippen molar-refractivity contribution in [3.05, 3.63) is 42.0 Å². The van der Waals surface area contributed by atoms with Crippen LogP contribution in [0.2, 0.25) is 0 Å². The zero-order chi connectivity index (χ0) is 18.9. The molecule has 26 heavy (non-hydrogen) atoms. The number of ether oxygens (including phenoxy) is 1. The molecule has 1 aromatic rings. The van der Waals surface area contributed by atoms with Crippen molar-refractivity contribution in [2.75, 3.05) is 6.61 Å². The average Bonchev–Trinajstić information content (AvgIpc) is 2.89. The Morgan fingerprint density at radius 2 is 2.12 bits per heavy atom. The zero-order valence-electron chi connectivity index (χ0n) is 14.8. The van der Waals surface area contributed by atoms with Crippen molar-refractivity contribution in [1.29, 1.82) is 0 Å². The maximum atomic E-state index is 10.5. The van der Waals surface area contributed by atoms with Crippen LogP contribution in [0.15, 0.2) is 36.4 Å². The summed E-state index contributed by atoms with van der Waals surface area (Å²) in [5, 5.41) is 28.0. The van der Waals surface area contributed by atoms with Crippen LogP contribution >= 0.6 is 11.6 Å². The molecule has 0 aromatic heterocycles. The molecular weight excluding hydrogens is 356 g/mol. The number of benzene rings is 1. The number of aliphatic hydroxyl groups excluding tert-OH is 2. The van der Waals surface area contributed by atoms with Crippen molar-refractivity contribution in [3.8, 4) is 5.75 Å². The number of carbonyl (C=O) groups is 1. The molecule has 1 aliphatic carbocycles. The summed E-state index contributed by atoms with van der Waals surface area (Å²) < 4.78 is 5.83. The molecule has 2 rings (SSSR count). The second-order valence-corrected chi connectivity index (χ2v) is 7.32. The van der Waals surface area contributed by atoms with Crippen LogP contribution in [0.4, 0.5) is 0 Å². The van der Waals surface area contributed by atoms with Crippen LogP contribution in [-0.4, -0.2) is 39.4 Å². The van der Waals surface area contributed by atoms with E-state index >= 15 is 0 Å². The summed E-state index contributed by atoms with van der Waals surface area (Å²) in [5.41, 5.74) is 0.783. The molecule has 4 atom stereocenters. The van der Waals surface area contributed by atoms with Gasteiger partial charge in [-0.25, -0.2) is 0 Å². The van der Waals surface area contributed by atoms with Crippen LogP contribution in [0, 0.1) is 11.8 Å². The number of hydrogen-bond acceptors (Lipinski definition) is 4. The largest absolute Gasteiger partial charge is 0.493 e. The van der Waals surface area contributed by atoms with Crippen molar-refractivity contribution >= 4 is 17.6 Å². The van der Waals surface area contributed by atoms with Gasteiger partial charge in [0.05, 0.1) is 19.3 Å². The van der Waals surface area contributed by atoms with Crippen LogP contribution in [-0.2, 0) is 11.4 Å². The minimum Gasteiger partial charge on any atom is -0.493 e. The standard InChI is InChI=1S/C20H27ClO5/c21-18-11-19(23)17(13-26-15-7-5-6-14(10-15)12-22)16(18)8-3-1-2-4-9-20(24)25/h1,3,5-7,10,16-19,22-23H,2,4,8-9,11-13H2,(H,24,25)/b3-1-/t16-,17-,18+,19-/m1/s1. The monoisotopic (exact) mass is 382 g/mol. The molecule has 6 heteroatoms. The summed E-state index contributed by atoms with van der Waals surface area (Å²) in [6.45, 7) is 0.332. The Bertz CT molecular complexity index is 604. The number of hydrogen-bond donors (Lipinski definition) is 3. The van der Waals surface area contributed by atoms with Gasteiger partial charge in [-0.1, -0.05) is 24.3 Å². The number of halogens is 1. The molecule has 0 bridgehead atoms. The van der Waals surface area contributed by atoms with Crippen LogP contribution in [0.5, 0.6) is 5.75 Å². The summed E-state index contributed by atoms with van der Waals surface area (Å²) in [4.78, 5) is 10.5. The Kier molecular flexibility index (Phi) is 8.42. The molecule has 0 saturated heterocycles. The Hall–Kier alpha value is -1.56. The molecule has 1 aromatic carbocycles. The first-order chi connectivity index (χ1) is 12.5. The van der Waals surface area contributed by atoms with Gasteiger partial charge in [0.25, 0.3) is 0 Å². The Labute approximate surface area is 159 Å². The van der Waals surface area contributed by atoms with Crippen molar-refractivity contribution in [1.82, 2.24) is 0 Å². The van der Waals surface area contributed by atoms with Gasteiger partial charge in [-0.05, 0) is 49.3 Å². The van der Waals surface area contributed by atoms with Gasteiger partial charge in [-0.15, -0.1) is 11.6 Å². The molecule has 0 spiro atoms. The second-order valence-electron chi connectivity index (χ2n) is 6.76. The first kappa shape index (κ1) is 20.7. The van der Waals surface area contributed by atoms with E-state index < -0.39 is 12.1 Å². The minimum absolute atomic E-state index is 0.0394. The molecule has 0 radical (unpaired) electrons. The van der Waals surface area contributed by atoms with Gasteiger partial charge in [0, 0.05) is 17.7 Å². The third-order valence-electron chi connectivity index (χ3n) is 4.84. The first-order valence-electron chi connectivity index (χ1n) is 9.02. The summed E-state index contributed by atoms with van der Waals surface area (Å²) in [6.07, 6.45) is 6.32. The van der Waals surface area contributed by atoms with E-state index in [1.807, 2.05) is 30.4 Å². The van der Waals surface area contributed by atoms with E-state index in [0.717, 1.165) is 18.4 Å². The van der Waals surface area contributed by atoms with Crippen LogP contribution < -0.4 is 4.74 Å². The fourth-order valence-corrected chi connectivity index (χ4v) is 3.83. The summed E-state index contributed by atoms with van der Waals surface area (Å²) in [5.74, 6) is -0.0484. The zero-order valence-corrected chi connectivity index (χ0v) is 15.5. The molecular formula is C20H27ClO5. The molecule has 144 valence electrons. The molecule has 1 saturated carbocycles. The predicted molar refractivity (Wildman–Crippen MR) is 100 cm³/mol. The number of carboxylic acids is 1. The van der Waals surface area contributed by atoms with Crippen molar-refractivity contribution in [3.63, 3.8) is 0 Å². The molecule has 0 heterocycles. The van der Waals surface area contributed by atoms with Gasteiger partial charge in [-0.2, -0.15) is 0 Å². The van der Waals surface area contributed by atoms with E-state index in [0.29, 0.717) is 25.2 Å².